The van der Waals surface area contributed by atoms with Crippen molar-refractivity contribution in [1.82, 2.24) is 5.32 Å². The Morgan fingerprint density at radius 1 is 1.29 bits per heavy atom. The van der Waals surface area contributed by atoms with Crippen molar-refractivity contribution in [3.05, 3.63) is 69.3 Å². The first-order chi connectivity index (χ1) is 11.5. The molecule has 0 radical (unpaired) electrons. The van der Waals surface area contributed by atoms with E-state index in [1.54, 1.807) is 12.1 Å². The monoisotopic (exact) mass is 404 g/mol. The summed E-state index contributed by atoms with van der Waals surface area (Å²) < 4.78 is 0.987. The summed E-state index contributed by atoms with van der Waals surface area (Å²) in [4.78, 5) is 12.1. The third-order valence-corrected chi connectivity index (χ3v) is 3.95. The molecule has 2 aromatic carbocycles. The highest BCUT2D eigenvalue weighted by atomic mass is 79.9. The van der Waals surface area contributed by atoms with Crippen LogP contribution < -0.4 is 16.4 Å². The number of hydrogen-bond acceptors (Lipinski definition) is 4. The lowest BCUT2D eigenvalue weighted by Gasteiger charge is -2.07. The highest BCUT2D eigenvalue weighted by molar-refractivity contribution is 9.10. The Morgan fingerprint density at radius 3 is 2.62 bits per heavy atom. The predicted molar refractivity (Wildman–Crippen MR) is 99.2 cm³/mol. The van der Waals surface area contributed by atoms with Crippen molar-refractivity contribution >= 4 is 44.8 Å². The second kappa shape index (κ2) is 8.39. The van der Waals surface area contributed by atoms with Gasteiger partial charge in [0.2, 0.25) is 0 Å². The molecule has 0 saturated heterocycles. The summed E-state index contributed by atoms with van der Waals surface area (Å²) in [5.41, 5.74) is 7.48. The second-order valence-corrected chi connectivity index (χ2v) is 6.19. The number of nitrogens with one attached hydrogen (secondary N) is 2. The largest absolute Gasteiger partial charge is 0.398 e. The fraction of sp³-hybridized carbons (Fsp3) is 0.0588. The van der Waals surface area contributed by atoms with Gasteiger partial charge >= 0.3 is 0 Å². The van der Waals surface area contributed by atoms with Crippen molar-refractivity contribution in [2.24, 2.45) is 0 Å². The average Bonchev–Trinajstić information content (AvgIpc) is 2.56. The molecule has 0 saturated carbocycles. The molecule has 0 atom stereocenters. The topological polar surface area (TPSA) is 90.9 Å². The van der Waals surface area contributed by atoms with E-state index in [2.05, 4.69) is 26.6 Å². The molecule has 0 spiro atoms. The molecule has 0 fully saturated rings. The van der Waals surface area contributed by atoms with Crippen molar-refractivity contribution in [2.75, 3.05) is 11.1 Å². The molecule has 0 aliphatic heterocycles. The average molecular weight is 406 g/mol. The summed E-state index contributed by atoms with van der Waals surface area (Å²) in [6, 6.07) is 14.3. The third-order valence-electron chi connectivity index (χ3n) is 3.09. The maximum absolute atomic E-state index is 12.1. The fourth-order valence-electron chi connectivity index (χ4n) is 1.83. The molecule has 5 nitrogen and oxygen atoms in total. The van der Waals surface area contributed by atoms with E-state index in [-0.39, 0.29) is 5.57 Å². The molecule has 1 amide bonds. The number of rotatable bonds is 5. The van der Waals surface area contributed by atoms with E-state index in [0.717, 1.165) is 10.0 Å². The number of benzene rings is 2. The summed E-state index contributed by atoms with van der Waals surface area (Å²) in [7, 11) is 0. The van der Waals surface area contributed by atoms with Crippen LogP contribution in [0, 0.1) is 11.3 Å². The molecule has 0 heterocycles. The maximum atomic E-state index is 12.1. The maximum Gasteiger partial charge on any atom is 0.267 e. The first kappa shape index (κ1) is 17.9. The quantitative estimate of drug-likeness (QED) is 0.401. The second-order valence-electron chi connectivity index (χ2n) is 4.87. The Kier molecular flexibility index (Phi) is 6.24. The van der Waals surface area contributed by atoms with Gasteiger partial charge in [0, 0.05) is 22.9 Å². The zero-order chi connectivity index (χ0) is 17.5. The van der Waals surface area contributed by atoms with E-state index >= 15 is 0 Å². The van der Waals surface area contributed by atoms with E-state index < -0.39 is 5.91 Å². The number of carbonyl (C=O) groups excluding carboxylic acids is 1. The molecular formula is C17H14BrClN4O. The summed E-state index contributed by atoms with van der Waals surface area (Å²) >= 11 is 9.26. The standard InChI is InChI=1S/C17H14BrClN4O/c18-13-3-1-11(2-4-13)9-22-10-12(8-20)17(24)23-14-5-6-16(21)15(19)7-14/h1-7,10,22H,9,21H2,(H,23,24)/b12-10-. The molecule has 0 aromatic heterocycles. The van der Waals surface area contributed by atoms with E-state index in [4.69, 9.17) is 22.6 Å². The molecule has 122 valence electrons. The van der Waals surface area contributed by atoms with Gasteiger partial charge in [-0.1, -0.05) is 39.7 Å². The number of nitrogens with two attached hydrogens (primary N) is 1. The van der Waals surface area contributed by atoms with Gasteiger partial charge in [0.1, 0.15) is 11.6 Å². The predicted octanol–water partition coefficient (Wildman–Crippen LogP) is 3.82. The lowest BCUT2D eigenvalue weighted by atomic mass is 10.2. The normalized spacial score (nSPS) is 10.8. The summed E-state index contributed by atoms with van der Waals surface area (Å²) in [5.74, 6) is -0.526. The molecule has 2 aromatic rings. The number of anilines is 2. The minimum absolute atomic E-state index is 0.0416. The Morgan fingerprint density at radius 2 is 2.00 bits per heavy atom. The molecule has 4 N–H and O–H groups in total. The van der Waals surface area contributed by atoms with Crippen molar-refractivity contribution in [2.45, 2.75) is 6.54 Å². The van der Waals surface area contributed by atoms with Gasteiger partial charge in [-0.05, 0) is 35.9 Å². The van der Waals surface area contributed by atoms with Gasteiger partial charge in [-0.3, -0.25) is 4.79 Å². The molecule has 0 unspecified atom stereocenters. The van der Waals surface area contributed by atoms with Gasteiger partial charge in [-0.25, -0.2) is 0 Å². The Hall–Kier alpha value is -2.49. The zero-order valence-corrected chi connectivity index (χ0v) is 14.9. The number of hydrogen-bond donors (Lipinski definition) is 3. The van der Waals surface area contributed by atoms with Crippen LogP contribution >= 0.6 is 27.5 Å². The molecule has 7 heteroatoms. The molecule has 0 aliphatic carbocycles. The molecular weight excluding hydrogens is 392 g/mol. The molecule has 2 rings (SSSR count). The van der Waals surface area contributed by atoms with Crippen LogP contribution in [0.4, 0.5) is 11.4 Å². The Labute approximate surface area is 153 Å². The van der Waals surface area contributed by atoms with Crippen molar-refractivity contribution in [1.29, 1.82) is 5.26 Å². The van der Waals surface area contributed by atoms with Crippen LogP contribution in [0.3, 0.4) is 0 Å². The van der Waals surface area contributed by atoms with Crippen molar-refractivity contribution in [3.8, 4) is 6.07 Å². The smallest absolute Gasteiger partial charge is 0.267 e. The van der Waals surface area contributed by atoms with Gasteiger partial charge in [0.25, 0.3) is 5.91 Å². The number of carbonyl (C=O) groups is 1. The van der Waals surface area contributed by atoms with Gasteiger partial charge in [-0.2, -0.15) is 5.26 Å². The van der Waals surface area contributed by atoms with Gasteiger partial charge < -0.3 is 16.4 Å². The first-order valence-electron chi connectivity index (χ1n) is 6.94. The molecule has 24 heavy (non-hydrogen) atoms. The summed E-state index contributed by atoms with van der Waals surface area (Å²) in [6.45, 7) is 0.499. The van der Waals surface area contributed by atoms with E-state index in [9.17, 15) is 4.79 Å². The zero-order valence-electron chi connectivity index (χ0n) is 12.5. The first-order valence-corrected chi connectivity index (χ1v) is 8.11. The van der Waals surface area contributed by atoms with Gasteiger partial charge in [0.05, 0.1) is 10.7 Å². The summed E-state index contributed by atoms with van der Waals surface area (Å²) in [6.07, 6.45) is 1.39. The lowest BCUT2D eigenvalue weighted by molar-refractivity contribution is -0.112. The van der Waals surface area contributed by atoms with Crippen LogP contribution in [0.25, 0.3) is 0 Å². The fourth-order valence-corrected chi connectivity index (χ4v) is 2.27. The number of nitrogen functional groups attached to an aromatic ring is 1. The molecule has 0 aliphatic rings. The van der Waals surface area contributed by atoms with Crippen LogP contribution in [0.5, 0.6) is 0 Å². The third kappa shape index (κ3) is 5.01. The Balaban J connectivity index is 1.98. The van der Waals surface area contributed by atoms with Crippen LogP contribution in [0.2, 0.25) is 5.02 Å². The SMILES string of the molecule is N#C/C(=C/NCc1ccc(Br)cc1)C(=O)Nc1ccc(N)c(Cl)c1. The minimum Gasteiger partial charge on any atom is -0.398 e. The minimum atomic E-state index is -0.526. The number of nitrogens with zero attached hydrogens (tertiary/aromatic N) is 1. The van der Waals surface area contributed by atoms with Crippen LogP contribution in [0.15, 0.2) is 58.7 Å². The van der Waals surface area contributed by atoms with Crippen LogP contribution in [0.1, 0.15) is 5.56 Å². The molecule has 0 bridgehead atoms. The Bertz CT molecular complexity index is 812. The van der Waals surface area contributed by atoms with E-state index in [1.807, 2.05) is 30.3 Å². The van der Waals surface area contributed by atoms with E-state index in [0.29, 0.717) is 22.9 Å². The summed E-state index contributed by atoms with van der Waals surface area (Å²) in [5, 5.41) is 15.0. The van der Waals surface area contributed by atoms with Crippen molar-refractivity contribution in [3.63, 3.8) is 0 Å². The number of nitriles is 1. The van der Waals surface area contributed by atoms with Gasteiger partial charge in [-0.15, -0.1) is 0 Å². The van der Waals surface area contributed by atoms with Crippen LogP contribution in [-0.2, 0) is 11.3 Å². The number of halogens is 2. The highest BCUT2D eigenvalue weighted by Gasteiger charge is 2.10. The highest BCUT2D eigenvalue weighted by Crippen LogP contribution is 2.22. The van der Waals surface area contributed by atoms with E-state index in [1.165, 1.54) is 12.3 Å². The van der Waals surface area contributed by atoms with Crippen LogP contribution in [-0.4, -0.2) is 5.91 Å². The lowest BCUT2D eigenvalue weighted by Crippen LogP contribution is -2.16. The van der Waals surface area contributed by atoms with Crippen molar-refractivity contribution < 1.29 is 4.79 Å². The number of amides is 1. The van der Waals surface area contributed by atoms with Gasteiger partial charge in [0.15, 0.2) is 0 Å².